The first kappa shape index (κ1) is 10.8. The van der Waals surface area contributed by atoms with Crippen LogP contribution in [0, 0.1) is 13.8 Å². The summed E-state index contributed by atoms with van der Waals surface area (Å²) >= 11 is 0. The van der Waals surface area contributed by atoms with E-state index in [0.29, 0.717) is 5.92 Å². The van der Waals surface area contributed by atoms with Crippen molar-refractivity contribution >= 4 is 10.9 Å². The molecule has 0 amide bonds. The van der Waals surface area contributed by atoms with Crippen LogP contribution in [0.1, 0.15) is 35.2 Å². The Balaban J connectivity index is 2.44. The van der Waals surface area contributed by atoms with Gasteiger partial charge in [0, 0.05) is 37.1 Å². The summed E-state index contributed by atoms with van der Waals surface area (Å²) < 4.78 is 2.41. The van der Waals surface area contributed by atoms with Crippen molar-refractivity contribution in [2.75, 3.05) is 6.54 Å². The summed E-state index contributed by atoms with van der Waals surface area (Å²) in [5.41, 5.74) is 7.20. The molecule has 2 heteroatoms. The topological polar surface area (TPSA) is 17.0 Å². The molecule has 3 rings (SSSR count). The second-order valence-electron chi connectivity index (χ2n) is 5.43. The van der Waals surface area contributed by atoms with Crippen molar-refractivity contribution < 1.29 is 0 Å². The van der Waals surface area contributed by atoms with E-state index in [0.717, 1.165) is 13.1 Å². The molecule has 1 aliphatic heterocycles. The van der Waals surface area contributed by atoms with Crippen molar-refractivity contribution in [2.24, 2.45) is 7.05 Å². The van der Waals surface area contributed by atoms with Gasteiger partial charge in [-0.05, 0) is 31.0 Å². The molecule has 0 aliphatic carbocycles. The second-order valence-corrected chi connectivity index (χ2v) is 5.43. The Kier molecular flexibility index (Phi) is 2.30. The van der Waals surface area contributed by atoms with Gasteiger partial charge in [0.05, 0.1) is 5.52 Å². The predicted octanol–water partition coefficient (Wildman–Crippen LogP) is 3.00. The van der Waals surface area contributed by atoms with Crippen molar-refractivity contribution in [3.63, 3.8) is 0 Å². The summed E-state index contributed by atoms with van der Waals surface area (Å²) in [4.78, 5) is 0. The lowest BCUT2D eigenvalue weighted by Crippen LogP contribution is -2.27. The fourth-order valence-electron chi connectivity index (χ4n) is 3.42. The van der Waals surface area contributed by atoms with Crippen molar-refractivity contribution in [1.29, 1.82) is 0 Å². The van der Waals surface area contributed by atoms with Crippen LogP contribution in [-0.4, -0.2) is 11.1 Å². The van der Waals surface area contributed by atoms with E-state index in [4.69, 9.17) is 0 Å². The van der Waals surface area contributed by atoms with Crippen LogP contribution in [0.4, 0.5) is 0 Å². The molecule has 2 aromatic rings. The molecule has 0 fully saturated rings. The number of hydrogen-bond donors (Lipinski definition) is 1. The standard InChI is InChI=1S/C15H20N2/c1-9-5-10(2)14-12(6-9)13-8-16-7-11(3)15(13)17(14)4/h5-6,11,16H,7-8H2,1-4H3. The van der Waals surface area contributed by atoms with E-state index in [9.17, 15) is 0 Å². The van der Waals surface area contributed by atoms with Crippen molar-refractivity contribution in [1.82, 2.24) is 9.88 Å². The molecule has 0 saturated carbocycles. The maximum Gasteiger partial charge on any atom is 0.0513 e. The number of rotatable bonds is 0. The van der Waals surface area contributed by atoms with E-state index < -0.39 is 0 Å². The van der Waals surface area contributed by atoms with Crippen LogP contribution < -0.4 is 5.32 Å². The van der Waals surface area contributed by atoms with Gasteiger partial charge in [-0.2, -0.15) is 0 Å². The molecule has 0 saturated heterocycles. The summed E-state index contributed by atoms with van der Waals surface area (Å²) in [7, 11) is 2.21. The van der Waals surface area contributed by atoms with Crippen LogP contribution in [0.5, 0.6) is 0 Å². The Bertz CT molecular complexity index is 593. The summed E-state index contributed by atoms with van der Waals surface area (Å²) in [6, 6.07) is 4.62. The van der Waals surface area contributed by atoms with Gasteiger partial charge in [-0.3, -0.25) is 0 Å². The third kappa shape index (κ3) is 1.44. The van der Waals surface area contributed by atoms with Gasteiger partial charge in [-0.25, -0.2) is 0 Å². The SMILES string of the molecule is Cc1cc(C)c2c(c1)c1c(n2C)C(C)CNC1. The van der Waals surface area contributed by atoms with Gasteiger partial charge in [0.25, 0.3) is 0 Å². The second kappa shape index (κ2) is 3.61. The minimum Gasteiger partial charge on any atom is -0.347 e. The molecule has 0 bridgehead atoms. The zero-order valence-corrected chi connectivity index (χ0v) is 11.1. The normalized spacial score (nSPS) is 19.6. The summed E-state index contributed by atoms with van der Waals surface area (Å²) in [6.45, 7) is 8.82. The van der Waals surface area contributed by atoms with Crippen molar-refractivity contribution in [3.05, 3.63) is 34.5 Å². The van der Waals surface area contributed by atoms with Gasteiger partial charge < -0.3 is 9.88 Å². The van der Waals surface area contributed by atoms with E-state index in [2.05, 4.69) is 49.8 Å². The fraction of sp³-hybridized carbons (Fsp3) is 0.467. The monoisotopic (exact) mass is 228 g/mol. The molecule has 1 aliphatic rings. The van der Waals surface area contributed by atoms with Gasteiger partial charge >= 0.3 is 0 Å². The highest BCUT2D eigenvalue weighted by Gasteiger charge is 2.23. The van der Waals surface area contributed by atoms with E-state index in [1.54, 1.807) is 0 Å². The van der Waals surface area contributed by atoms with Crippen LogP contribution >= 0.6 is 0 Å². The third-order valence-corrected chi connectivity index (χ3v) is 3.99. The molecule has 0 radical (unpaired) electrons. The Morgan fingerprint density at radius 1 is 1.29 bits per heavy atom. The molecule has 2 heterocycles. The van der Waals surface area contributed by atoms with E-state index in [1.165, 1.54) is 33.3 Å². The Hall–Kier alpha value is -1.28. The number of aryl methyl sites for hydroxylation is 3. The van der Waals surface area contributed by atoms with Gasteiger partial charge in [0.2, 0.25) is 0 Å². The minimum absolute atomic E-state index is 0.607. The first-order valence-electron chi connectivity index (χ1n) is 6.38. The molecule has 1 N–H and O–H groups in total. The number of benzene rings is 1. The first-order chi connectivity index (χ1) is 8.09. The summed E-state index contributed by atoms with van der Waals surface area (Å²) in [5.74, 6) is 0.607. The zero-order chi connectivity index (χ0) is 12.2. The van der Waals surface area contributed by atoms with Crippen LogP contribution in [0.2, 0.25) is 0 Å². The van der Waals surface area contributed by atoms with Gasteiger partial charge in [0.1, 0.15) is 0 Å². The Labute approximate surface area is 103 Å². The molecule has 2 nitrogen and oxygen atoms in total. The fourth-order valence-corrected chi connectivity index (χ4v) is 3.42. The van der Waals surface area contributed by atoms with Crippen molar-refractivity contribution in [2.45, 2.75) is 33.2 Å². The molecule has 1 atom stereocenters. The van der Waals surface area contributed by atoms with Crippen molar-refractivity contribution in [3.8, 4) is 0 Å². The molecule has 1 aromatic heterocycles. The highest BCUT2D eigenvalue weighted by atomic mass is 15.0. The molecule has 17 heavy (non-hydrogen) atoms. The van der Waals surface area contributed by atoms with E-state index in [1.807, 2.05) is 0 Å². The Morgan fingerprint density at radius 2 is 2.06 bits per heavy atom. The lowest BCUT2D eigenvalue weighted by molar-refractivity contribution is 0.548. The maximum absolute atomic E-state index is 3.52. The number of nitrogens with one attached hydrogen (secondary N) is 1. The van der Waals surface area contributed by atoms with Crippen LogP contribution in [0.25, 0.3) is 10.9 Å². The number of fused-ring (bicyclic) bond motifs is 3. The quantitative estimate of drug-likeness (QED) is 0.733. The average Bonchev–Trinajstić information content (AvgIpc) is 2.54. The first-order valence-corrected chi connectivity index (χ1v) is 6.38. The van der Waals surface area contributed by atoms with Gasteiger partial charge in [0.15, 0.2) is 0 Å². The highest BCUT2D eigenvalue weighted by Crippen LogP contribution is 2.34. The minimum atomic E-state index is 0.607. The van der Waals surface area contributed by atoms with E-state index >= 15 is 0 Å². The third-order valence-electron chi connectivity index (χ3n) is 3.99. The number of aromatic nitrogens is 1. The number of nitrogens with zero attached hydrogens (tertiary/aromatic N) is 1. The maximum atomic E-state index is 3.52. The lowest BCUT2D eigenvalue weighted by Gasteiger charge is -2.22. The smallest absolute Gasteiger partial charge is 0.0513 e. The predicted molar refractivity (Wildman–Crippen MR) is 72.5 cm³/mol. The van der Waals surface area contributed by atoms with E-state index in [-0.39, 0.29) is 0 Å². The van der Waals surface area contributed by atoms with Crippen LogP contribution in [0.15, 0.2) is 12.1 Å². The average molecular weight is 228 g/mol. The highest BCUT2D eigenvalue weighted by molar-refractivity contribution is 5.89. The Morgan fingerprint density at radius 3 is 2.82 bits per heavy atom. The van der Waals surface area contributed by atoms with Gasteiger partial charge in [-0.1, -0.05) is 18.6 Å². The largest absolute Gasteiger partial charge is 0.347 e. The zero-order valence-electron chi connectivity index (χ0n) is 11.1. The molecule has 1 unspecified atom stereocenters. The molecule has 0 spiro atoms. The number of hydrogen-bond acceptors (Lipinski definition) is 1. The molecular formula is C15H20N2. The van der Waals surface area contributed by atoms with Gasteiger partial charge in [-0.15, -0.1) is 0 Å². The van der Waals surface area contributed by atoms with Crippen LogP contribution in [0.3, 0.4) is 0 Å². The molecule has 90 valence electrons. The molecule has 1 aromatic carbocycles. The summed E-state index contributed by atoms with van der Waals surface area (Å²) in [5, 5.41) is 4.97. The lowest BCUT2D eigenvalue weighted by atomic mass is 9.97. The molecular weight excluding hydrogens is 208 g/mol. The van der Waals surface area contributed by atoms with Crippen LogP contribution in [-0.2, 0) is 13.6 Å². The summed E-state index contributed by atoms with van der Waals surface area (Å²) in [6.07, 6.45) is 0.